The van der Waals surface area contributed by atoms with E-state index in [9.17, 15) is 4.79 Å². The molecule has 0 spiro atoms. The van der Waals surface area contributed by atoms with Crippen LogP contribution in [0.15, 0.2) is 67.5 Å². The molecule has 1 amide bonds. The fraction of sp³-hybridized carbons (Fsp3) is 0.296. The molecule has 4 aromatic rings. The smallest absolute Gasteiger partial charge is 0.253 e. The number of amides is 1. The van der Waals surface area contributed by atoms with Crippen LogP contribution in [0.2, 0.25) is 0 Å². The lowest BCUT2D eigenvalue weighted by Gasteiger charge is -2.33. The summed E-state index contributed by atoms with van der Waals surface area (Å²) < 4.78 is 7.41. The van der Waals surface area contributed by atoms with Crippen LogP contribution in [0.1, 0.15) is 46.1 Å². The number of methoxy groups -OCH3 is 1. The van der Waals surface area contributed by atoms with Crippen LogP contribution in [0.25, 0.3) is 11.4 Å². The molecule has 8 heteroatoms. The zero-order valence-electron chi connectivity index (χ0n) is 20.0. The minimum absolute atomic E-state index is 0.0179. The van der Waals surface area contributed by atoms with E-state index in [4.69, 9.17) is 4.74 Å². The molecule has 0 bridgehead atoms. The van der Waals surface area contributed by atoms with Crippen molar-refractivity contribution in [1.29, 1.82) is 0 Å². The number of pyridine rings is 1. The molecule has 0 saturated carbocycles. The molecule has 4 heterocycles. The zero-order chi connectivity index (χ0) is 24.2. The Morgan fingerprint density at radius 3 is 2.80 bits per heavy atom. The highest BCUT2D eigenvalue weighted by Gasteiger charge is 2.29. The largest absolute Gasteiger partial charge is 0.496 e. The molecule has 3 aromatic heterocycles. The van der Waals surface area contributed by atoms with Gasteiger partial charge in [0.15, 0.2) is 0 Å². The van der Waals surface area contributed by atoms with Crippen molar-refractivity contribution < 1.29 is 9.53 Å². The van der Waals surface area contributed by atoms with Gasteiger partial charge in [-0.2, -0.15) is 0 Å². The van der Waals surface area contributed by atoms with E-state index in [-0.39, 0.29) is 11.8 Å². The molecule has 1 saturated heterocycles. The van der Waals surface area contributed by atoms with Gasteiger partial charge in [0.05, 0.1) is 31.0 Å². The number of imidazole rings is 1. The Morgan fingerprint density at radius 2 is 1.97 bits per heavy atom. The van der Waals surface area contributed by atoms with Crippen LogP contribution in [-0.2, 0) is 13.5 Å². The third kappa shape index (κ3) is 4.77. The molecule has 5 rings (SSSR count). The highest BCUT2D eigenvalue weighted by molar-refractivity contribution is 5.94. The first-order chi connectivity index (χ1) is 17.1. The van der Waals surface area contributed by atoms with Crippen molar-refractivity contribution >= 4 is 5.91 Å². The highest BCUT2D eigenvalue weighted by Crippen LogP contribution is 2.32. The van der Waals surface area contributed by atoms with Gasteiger partial charge < -0.3 is 14.2 Å². The van der Waals surface area contributed by atoms with Gasteiger partial charge in [-0.3, -0.25) is 19.7 Å². The molecular weight excluding hydrogens is 440 g/mol. The van der Waals surface area contributed by atoms with E-state index in [0.717, 1.165) is 53.5 Å². The normalized spacial score (nSPS) is 15.7. The summed E-state index contributed by atoms with van der Waals surface area (Å²) in [6, 6.07) is 11.6. The Bertz CT molecular complexity index is 1330. The molecule has 1 aromatic carbocycles. The van der Waals surface area contributed by atoms with Gasteiger partial charge in [-0.05, 0) is 31.0 Å². The number of piperidine rings is 1. The lowest BCUT2D eigenvalue weighted by Crippen LogP contribution is -2.39. The number of likely N-dealkylation sites (tertiary alicyclic amines) is 1. The number of rotatable bonds is 6. The fourth-order valence-electron chi connectivity index (χ4n) is 4.75. The number of carbonyl (C=O) groups is 1. The van der Waals surface area contributed by atoms with E-state index in [2.05, 4.69) is 19.9 Å². The highest BCUT2D eigenvalue weighted by atomic mass is 16.5. The monoisotopic (exact) mass is 468 g/mol. The number of aryl methyl sites for hydroxylation is 1. The molecule has 1 fully saturated rings. The Kier molecular flexibility index (Phi) is 6.52. The second kappa shape index (κ2) is 10.0. The summed E-state index contributed by atoms with van der Waals surface area (Å²) in [5.74, 6) is 0.948. The van der Waals surface area contributed by atoms with Crippen LogP contribution < -0.4 is 4.74 Å². The lowest BCUT2D eigenvalue weighted by molar-refractivity contribution is 0.0705. The van der Waals surface area contributed by atoms with Crippen LogP contribution in [0.5, 0.6) is 5.75 Å². The van der Waals surface area contributed by atoms with Crippen LogP contribution in [0.4, 0.5) is 0 Å². The maximum atomic E-state index is 13.5. The van der Waals surface area contributed by atoms with Gasteiger partial charge in [0, 0.05) is 67.9 Å². The lowest BCUT2D eigenvalue weighted by atomic mass is 9.92. The molecule has 178 valence electrons. The SMILES string of the molecule is COc1ccccc1Cc1cc(C(=O)N2CCC[C@H](c3nccnc3-c3cncn3C)C2)ccn1. The first kappa shape index (κ1) is 22.7. The minimum Gasteiger partial charge on any atom is -0.496 e. The third-order valence-corrected chi connectivity index (χ3v) is 6.51. The van der Waals surface area contributed by atoms with E-state index in [1.807, 2.05) is 46.8 Å². The predicted molar refractivity (Wildman–Crippen MR) is 132 cm³/mol. The van der Waals surface area contributed by atoms with E-state index >= 15 is 0 Å². The second-order valence-corrected chi connectivity index (χ2v) is 8.79. The molecule has 0 unspecified atom stereocenters. The summed E-state index contributed by atoms with van der Waals surface area (Å²) in [6.45, 7) is 1.33. The van der Waals surface area contributed by atoms with Gasteiger partial charge >= 0.3 is 0 Å². The quantitative estimate of drug-likeness (QED) is 0.427. The van der Waals surface area contributed by atoms with Crippen molar-refractivity contribution in [2.45, 2.75) is 25.2 Å². The summed E-state index contributed by atoms with van der Waals surface area (Å²) in [5.41, 5.74) is 5.19. The maximum Gasteiger partial charge on any atom is 0.253 e. The topological polar surface area (TPSA) is 86.0 Å². The molecule has 35 heavy (non-hydrogen) atoms. The number of hydrogen-bond acceptors (Lipinski definition) is 6. The Labute approximate surface area is 204 Å². The van der Waals surface area contributed by atoms with Gasteiger partial charge in [0.25, 0.3) is 5.91 Å². The number of benzene rings is 1. The molecule has 8 nitrogen and oxygen atoms in total. The molecule has 1 aliphatic heterocycles. The fourth-order valence-corrected chi connectivity index (χ4v) is 4.75. The minimum atomic E-state index is 0.0179. The molecule has 0 N–H and O–H groups in total. The molecular formula is C27H28N6O2. The van der Waals surface area contributed by atoms with E-state index in [0.29, 0.717) is 18.5 Å². The van der Waals surface area contributed by atoms with E-state index in [1.165, 1.54) is 0 Å². The average molecular weight is 469 g/mol. The zero-order valence-corrected chi connectivity index (χ0v) is 20.0. The summed E-state index contributed by atoms with van der Waals surface area (Å²) in [4.78, 5) is 33.4. The maximum absolute atomic E-state index is 13.5. The summed E-state index contributed by atoms with van der Waals surface area (Å²) in [5, 5.41) is 0. The molecule has 0 aliphatic carbocycles. The predicted octanol–water partition coefficient (Wildman–Crippen LogP) is 3.89. The molecule has 1 atom stereocenters. The first-order valence-corrected chi connectivity index (χ1v) is 11.8. The van der Waals surface area contributed by atoms with Crippen molar-refractivity contribution in [2.75, 3.05) is 20.2 Å². The van der Waals surface area contributed by atoms with Crippen LogP contribution in [0.3, 0.4) is 0 Å². The van der Waals surface area contributed by atoms with E-state index < -0.39 is 0 Å². The van der Waals surface area contributed by atoms with Crippen LogP contribution >= 0.6 is 0 Å². The third-order valence-electron chi connectivity index (χ3n) is 6.51. The number of ether oxygens (including phenoxy) is 1. The summed E-state index contributed by atoms with van der Waals surface area (Å²) in [7, 11) is 3.61. The summed E-state index contributed by atoms with van der Waals surface area (Å²) in [6.07, 6.45) is 11.2. The van der Waals surface area contributed by atoms with Crippen molar-refractivity contribution in [3.05, 3.63) is 90.0 Å². The number of carbonyl (C=O) groups excluding carboxylic acids is 1. The van der Waals surface area contributed by atoms with Crippen LogP contribution in [-0.4, -0.2) is 55.5 Å². The Morgan fingerprint density at radius 1 is 1.11 bits per heavy atom. The first-order valence-electron chi connectivity index (χ1n) is 11.8. The standard InChI is InChI=1S/C27H28N6O2/c1-32-18-28-16-23(32)26-25(30-11-12-31-26)21-7-5-13-33(17-21)27(34)20-9-10-29-22(15-20)14-19-6-3-4-8-24(19)35-2/h3-4,6,8-12,15-16,18,21H,5,7,13-14,17H2,1-2H3/t21-/m0/s1. The number of para-hydroxylation sites is 1. The number of aromatic nitrogens is 5. The van der Waals surface area contributed by atoms with Crippen molar-refractivity contribution in [1.82, 2.24) is 29.4 Å². The average Bonchev–Trinajstić information content (AvgIpc) is 3.34. The summed E-state index contributed by atoms with van der Waals surface area (Å²) >= 11 is 0. The number of hydrogen-bond donors (Lipinski definition) is 0. The Balaban J connectivity index is 1.35. The van der Waals surface area contributed by atoms with Crippen molar-refractivity contribution in [3.63, 3.8) is 0 Å². The van der Waals surface area contributed by atoms with Gasteiger partial charge in [-0.25, -0.2) is 4.98 Å². The molecule has 1 aliphatic rings. The van der Waals surface area contributed by atoms with Gasteiger partial charge in [0.1, 0.15) is 11.4 Å². The van der Waals surface area contributed by atoms with Crippen LogP contribution in [0, 0.1) is 0 Å². The second-order valence-electron chi connectivity index (χ2n) is 8.79. The van der Waals surface area contributed by atoms with Crippen molar-refractivity contribution in [3.8, 4) is 17.1 Å². The van der Waals surface area contributed by atoms with Gasteiger partial charge in [-0.1, -0.05) is 18.2 Å². The molecule has 0 radical (unpaired) electrons. The number of nitrogens with zero attached hydrogens (tertiary/aromatic N) is 6. The Hall–Kier alpha value is -4.07. The van der Waals surface area contributed by atoms with E-state index in [1.54, 1.807) is 44.3 Å². The van der Waals surface area contributed by atoms with Gasteiger partial charge in [-0.15, -0.1) is 0 Å². The van der Waals surface area contributed by atoms with Gasteiger partial charge in [0.2, 0.25) is 0 Å². The van der Waals surface area contributed by atoms with Crippen molar-refractivity contribution in [2.24, 2.45) is 7.05 Å².